The van der Waals surface area contributed by atoms with Crippen molar-refractivity contribution in [1.82, 2.24) is 10.6 Å². The minimum absolute atomic E-state index is 0.0166. The van der Waals surface area contributed by atoms with E-state index in [4.69, 9.17) is 9.47 Å². The van der Waals surface area contributed by atoms with Crippen molar-refractivity contribution >= 4 is 17.9 Å². The van der Waals surface area contributed by atoms with Crippen LogP contribution < -0.4 is 15.4 Å². The van der Waals surface area contributed by atoms with Crippen LogP contribution >= 0.6 is 0 Å². The van der Waals surface area contributed by atoms with Crippen LogP contribution in [0.3, 0.4) is 0 Å². The highest BCUT2D eigenvalue weighted by molar-refractivity contribution is 5.95. The van der Waals surface area contributed by atoms with Crippen molar-refractivity contribution < 1.29 is 23.9 Å². The van der Waals surface area contributed by atoms with Crippen molar-refractivity contribution in [1.29, 1.82) is 0 Å². The minimum atomic E-state index is -0.697. The number of hydrogen-bond acceptors (Lipinski definition) is 5. The molecule has 0 atom stereocenters. The maximum absolute atomic E-state index is 11.6. The van der Waals surface area contributed by atoms with E-state index in [-0.39, 0.29) is 6.42 Å². The second-order valence-corrected chi connectivity index (χ2v) is 3.78. The summed E-state index contributed by atoms with van der Waals surface area (Å²) in [6.45, 7) is -0.512. The van der Waals surface area contributed by atoms with Crippen molar-refractivity contribution in [2.75, 3.05) is 20.8 Å². The molecule has 20 heavy (non-hydrogen) atoms. The first-order valence-corrected chi connectivity index (χ1v) is 5.86. The smallest absolute Gasteiger partial charge is 0.321 e. The summed E-state index contributed by atoms with van der Waals surface area (Å²) in [5, 5.41) is 4.19. The van der Waals surface area contributed by atoms with Gasteiger partial charge in [0.25, 0.3) is 5.91 Å². The van der Waals surface area contributed by atoms with Gasteiger partial charge in [-0.2, -0.15) is 0 Å². The van der Waals surface area contributed by atoms with Gasteiger partial charge in [0.2, 0.25) is 0 Å². The average molecular weight is 280 g/mol. The molecular formula is C13H16N2O5. The molecule has 3 amide bonds. The van der Waals surface area contributed by atoms with Crippen molar-refractivity contribution in [2.45, 2.75) is 6.42 Å². The number of rotatable bonds is 5. The fourth-order valence-corrected chi connectivity index (χ4v) is 1.43. The molecule has 7 heteroatoms. The van der Waals surface area contributed by atoms with Gasteiger partial charge in [0.05, 0.1) is 13.5 Å². The molecule has 1 rings (SSSR count). The predicted octanol–water partition coefficient (Wildman–Crippen LogP) is 0.237. The zero-order valence-electron chi connectivity index (χ0n) is 11.3. The van der Waals surface area contributed by atoms with Crippen molar-refractivity contribution in [3.05, 3.63) is 29.8 Å². The number of methoxy groups -OCH3 is 1. The summed E-state index contributed by atoms with van der Waals surface area (Å²) in [5.41, 5.74) is 0.659. The lowest BCUT2D eigenvalue weighted by molar-refractivity contribution is -0.147. The number of urea groups is 1. The molecule has 0 heterocycles. The Labute approximate surface area is 116 Å². The Bertz CT molecular complexity index is 501. The topological polar surface area (TPSA) is 93.7 Å². The summed E-state index contributed by atoms with van der Waals surface area (Å²) in [6, 6.07) is 6.34. The van der Waals surface area contributed by atoms with Gasteiger partial charge in [-0.15, -0.1) is 0 Å². The van der Waals surface area contributed by atoms with Crippen LogP contribution in [-0.2, 0) is 20.7 Å². The lowest BCUT2D eigenvalue weighted by Crippen LogP contribution is -2.39. The number of hydrogen-bond donors (Lipinski definition) is 2. The number of nitrogens with one attached hydrogen (secondary N) is 2. The highest BCUT2D eigenvalue weighted by Crippen LogP contribution is 2.17. The lowest BCUT2D eigenvalue weighted by atomic mass is 10.1. The molecule has 108 valence electrons. The highest BCUT2D eigenvalue weighted by atomic mass is 16.5. The van der Waals surface area contributed by atoms with Crippen LogP contribution in [-0.4, -0.2) is 38.7 Å². The maximum Gasteiger partial charge on any atom is 0.321 e. The number of imide groups is 1. The SMILES string of the molecule is CNC(=O)NC(=O)COC(=O)Cc1ccccc1OC. The van der Waals surface area contributed by atoms with Gasteiger partial charge in [0.15, 0.2) is 6.61 Å². The first-order valence-electron chi connectivity index (χ1n) is 5.86. The number of benzene rings is 1. The Balaban J connectivity index is 2.44. The van der Waals surface area contributed by atoms with Gasteiger partial charge in [-0.05, 0) is 6.07 Å². The van der Waals surface area contributed by atoms with E-state index >= 15 is 0 Å². The van der Waals surface area contributed by atoms with Crippen LogP contribution in [0.1, 0.15) is 5.56 Å². The van der Waals surface area contributed by atoms with Crippen molar-refractivity contribution in [2.24, 2.45) is 0 Å². The predicted molar refractivity (Wildman–Crippen MR) is 70.3 cm³/mol. The van der Waals surface area contributed by atoms with Crippen LogP contribution in [0.4, 0.5) is 4.79 Å². The second kappa shape index (κ2) is 7.78. The molecule has 0 spiro atoms. The zero-order valence-corrected chi connectivity index (χ0v) is 11.3. The van der Waals surface area contributed by atoms with Crippen LogP contribution in [0.5, 0.6) is 5.75 Å². The van der Waals surface area contributed by atoms with Gasteiger partial charge in [0.1, 0.15) is 5.75 Å². The first kappa shape index (κ1) is 15.5. The van der Waals surface area contributed by atoms with Crippen molar-refractivity contribution in [3.8, 4) is 5.75 Å². The number of para-hydroxylation sites is 1. The molecule has 0 aliphatic rings. The van der Waals surface area contributed by atoms with Crippen LogP contribution in [0.15, 0.2) is 24.3 Å². The molecule has 0 fully saturated rings. The molecule has 2 N–H and O–H groups in total. The molecule has 1 aromatic rings. The summed E-state index contributed by atoms with van der Waals surface area (Å²) in [6.07, 6.45) is -0.0166. The summed E-state index contributed by atoms with van der Waals surface area (Å²) in [7, 11) is 2.87. The lowest BCUT2D eigenvalue weighted by Gasteiger charge is -2.08. The van der Waals surface area contributed by atoms with E-state index in [0.29, 0.717) is 11.3 Å². The summed E-state index contributed by atoms with van der Waals surface area (Å²) < 4.78 is 9.87. The number of amides is 3. The Kier molecular flexibility index (Phi) is 6.02. The Morgan fingerprint density at radius 3 is 2.55 bits per heavy atom. The third kappa shape index (κ3) is 4.97. The van der Waals surface area contributed by atoms with Gasteiger partial charge in [-0.1, -0.05) is 18.2 Å². The first-order chi connectivity index (χ1) is 9.56. The molecule has 0 saturated carbocycles. The van der Waals surface area contributed by atoms with Crippen LogP contribution in [0.25, 0.3) is 0 Å². The van der Waals surface area contributed by atoms with Gasteiger partial charge < -0.3 is 14.8 Å². The Morgan fingerprint density at radius 2 is 1.90 bits per heavy atom. The summed E-state index contributed by atoms with van der Waals surface area (Å²) in [4.78, 5) is 33.6. The van der Waals surface area contributed by atoms with Gasteiger partial charge in [0, 0.05) is 12.6 Å². The third-order valence-corrected chi connectivity index (χ3v) is 2.37. The summed E-state index contributed by atoms with van der Waals surface area (Å²) >= 11 is 0. The maximum atomic E-state index is 11.6. The van der Waals surface area contributed by atoms with Crippen molar-refractivity contribution in [3.63, 3.8) is 0 Å². The molecule has 0 radical (unpaired) electrons. The molecule has 0 aliphatic heterocycles. The normalized spacial score (nSPS) is 9.50. The largest absolute Gasteiger partial charge is 0.496 e. The van der Waals surface area contributed by atoms with Gasteiger partial charge in [-0.3, -0.25) is 14.9 Å². The summed E-state index contributed by atoms with van der Waals surface area (Å²) in [5.74, 6) is -0.710. The molecule has 0 aromatic heterocycles. The average Bonchev–Trinajstić information content (AvgIpc) is 2.45. The number of carbonyl (C=O) groups excluding carboxylic acids is 3. The van der Waals surface area contributed by atoms with Gasteiger partial charge >= 0.3 is 12.0 Å². The molecule has 0 saturated heterocycles. The van der Waals surface area contributed by atoms with Crippen LogP contribution in [0, 0.1) is 0 Å². The monoisotopic (exact) mass is 280 g/mol. The van der Waals surface area contributed by atoms with E-state index in [0.717, 1.165) is 0 Å². The minimum Gasteiger partial charge on any atom is -0.496 e. The van der Waals surface area contributed by atoms with E-state index in [1.165, 1.54) is 14.2 Å². The molecule has 0 aliphatic carbocycles. The van der Waals surface area contributed by atoms with Crippen LogP contribution in [0.2, 0.25) is 0 Å². The zero-order chi connectivity index (χ0) is 15.0. The fraction of sp³-hybridized carbons (Fsp3) is 0.308. The molecule has 7 nitrogen and oxygen atoms in total. The molecule has 0 unspecified atom stereocenters. The number of esters is 1. The Hall–Kier alpha value is -2.57. The number of ether oxygens (including phenoxy) is 2. The van der Waals surface area contributed by atoms with E-state index in [1.807, 2.05) is 5.32 Å². The van der Waals surface area contributed by atoms with E-state index in [1.54, 1.807) is 24.3 Å². The van der Waals surface area contributed by atoms with E-state index in [9.17, 15) is 14.4 Å². The van der Waals surface area contributed by atoms with Gasteiger partial charge in [-0.25, -0.2) is 4.79 Å². The standard InChI is InChI=1S/C13H16N2O5/c1-14-13(18)15-11(16)8-20-12(17)7-9-5-3-4-6-10(9)19-2/h3-6H,7-8H2,1-2H3,(H2,14,15,16,18). The molecule has 1 aromatic carbocycles. The van der Waals surface area contributed by atoms with E-state index < -0.39 is 24.5 Å². The third-order valence-electron chi connectivity index (χ3n) is 2.37. The highest BCUT2D eigenvalue weighted by Gasteiger charge is 2.12. The molecular weight excluding hydrogens is 264 g/mol. The molecule has 0 bridgehead atoms. The number of carbonyl (C=O) groups is 3. The van der Waals surface area contributed by atoms with E-state index in [2.05, 4.69) is 5.32 Å². The quantitative estimate of drug-likeness (QED) is 0.753. The fourth-order valence-electron chi connectivity index (χ4n) is 1.43. The second-order valence-electron chi connectivity index (χ2n) is 3.78. The Morgan fingerprint density at radius 1 is 1.20 bits per heavy atom.